The van der Waals surface area contributed by atoms with E-state index in [1.807, 2.05) is 6.08 Å². The average molecular weight is 1010 g/mol. The van der Waals surface area contributed by atoms with Crippen LogP contribution in [0, 0.1) is 0 Å². The van der Waals surface area contributed by atoms with Crippen molar-refractivity contribution in [1.82, 2.24) is 5.32 Å². The van der Waals surface area contributed by atoms with E-state index in [1.165, 1.54) is 199 Å². The minimum absolute atomic E-state index is 0.0847. The molecular weight excluding hydrogens is 891 g/mol. The molecule has 0 aromatic heterocycles. The zero-order chi connectivity index (χ0) is 52.7. The topological polar surface area (TPSA) is 69.6 Å². The number of hydrogen-bond acceptors (Lipinski definition) is 3. The molecule has 0 bridgehead atoms. The highest BCUT2D eigenvalue weighted by atomic mass is 16.3. The molecule has 420 valence electrons. The molecule has 4 nitrogen and oxygen atoms in total. The third kappa shape index (κ3) is 59.8. The monoisotopic (exact) mass is 1010 g/mol. The van der Waals surface area contributed by atoms with E-state index < -0.39 is 12.1 Å². The van der Waals surface area contributed by atoms with Gasteiger partial charge >= 0.3 is 0 Å². The quantitative estimate of drug-likeness (QED) is 0.0420. The van der Waals surface area contributed by atoms with Crippen LogP contribution in [0.5, 0.6) is 0 Å². The highest BCUT2D eigenvalue weighted by Gasteiger charge is 2.18. The van der Waals surface area contributed by atoms with Crippen LogP contribution in [0.1, 0.15) is 303 Å². The summed E-state index contributed by atoms with van der Waals surface area (Å²) in [5.74, 6) is -0.0847. The molecule has 2 atom stereocenters. The molecule has 0 saturated heterocycles. The second-order valence-corrected chi connectivity index (χ2v) is 21.1. The molecule has 0 spiro atoms. The van der Waals surface area contributed by atoms with Crippen molar-refractivity contribution in [1.29, 1.82) is 0 Å². The number of nitrogens with one attached hydrogen (secondary N) is 1. The first-order valence-electron chi connectivity index (χ1n) is 31.6. The third-order valence-corrected chi connectivity index (χ3v) is 14.0. The van der Waals surface area contributed by atoms with Gasteiger partial charge < -0.3 is 15.5 Å². The van der Waals surface area contributed by atoms with E-state index in [4.69, 9.17) is 0 Å². The Bertz CT molecular complexity index is 1380. The van der Waals surface area contributed by atoms with Crippen molar-refractivity contribution in [3.63, 3.8) is 0 Å². The largest absolute Gasteiger partial charge is 0.394 e. The van der Waals surface area contributed by atoms with Crippen molar-refractivity contribution in [3.05, 3.63) is 109 Å². The molecule has 4 heteroatoms. The third-order valence-electron chi connectivity index (χ3n) is 14.0. The smallest absolute Gasteiger partial charge is 0.220 e. The fourth-order valence-corrected chi connectivity index (χ4v) is 9.22. The van der Waals surface area contributed by atoms with Crippen LogP contribution in [-0.4, -0.2) is 34.9 Å². The van der Waals surface area contributed by atoms with Crippen molar-refractivity contribution < 1.29 is 15.0 Å². The first-order chi connectivity index (χ1) is 36.2. The Hall–Kier alpha value is -2.95. The fourth-order valence-electron chi connectivity index (χ4n) is 9.22. The van der Waals surface area contributed by atoms with Gasteiger partial charge in [0.1, 0.15) is 0 Å². The van der Waals surface area contributed by atoms with Gasteiger partial charge in [0, 0.05) is 6.42 Å². The highest BCUT2D eigenvalue weighted by Crippen LogP contribution is 2.17. The Kier molecular flexibility index (Phi) is 60.8. The Morgan fingerprint density at radius 3 is 0.959 bits per heavy atom. The lowest BCUT2D eigenvalue weighted by Gasteiger charge is -2.19. The molecule has 73 heavy (non-hydrogen) atoms. The number of unbranched alkanes of at least 4 members (excludes halogenated alkanes) is 34. The van der Waals surface area contributed by atoms with Crippen LogP contribution in [0.4, 0.5) is 0 Å². The number of carbonyl (C=O) groups excluding carboxylic acids is 1. The first kappa shape index (κ1) is 70.1. The van der Waals surface area contributed by atoms with E-state index in [0.717, 1.165) is 83.5 Å². The number of allylic oxidation sites excluding steroid dienone is 17. The summed E-state index contributed by atoms with van der Waals surface area (Å²) in [7, 11) is 0. The lowest BCUT2D eigenvalue weighted by Crippen LogP contribution is -2.45. The van der Waals surface area contributed by atoms with Gasteiger partial charge in [0.15, 0.2) is 0 Å². The molecule has 0 aliphatic carbocycles. The second kappa shape index (κ2) is 63.3. The van der Waals surface area contributed by atoms with E-state index in [1.54, 1.807) is 6.08 Å². The molecule has 0 aromatic rings. The predicted molar refractivity (Wildman–Crippen MR) is 326 cm³/mol. The van der Waals surface area contributed by atoms with Gasteiger partial charge in [-0.2, -0.15) is 0 Å². The van der Waals surface area contributed by atoms with Gasteiger partial charge in [-0.05, 0) is 96.3 Å². The van der Waals surface area contributed by atoms with Crippen LogP contribution < -0.4 is 5.32 Å². The number of carbonyl (C=O) groups is 1. The molecule has 0 rings (SSSR count). The number of hydrogen-bond donors (Lipinski definition) is 3. The number of rotatable bonds is 57. The van der Waals surface area contributed by atoms with Crippen molar-refractivity contribution in [2.75, 3.05) is 6.61 Å². The summed E-state index contributed by atoms with van der Waals surface area (Å²) >= 11 is 0. The normalized spacial score (nSPS) is 13.5. The van der Waals surface area contributed by atoms with Crippen LogP contribution in [0.2, 0.25) is 0 Å². The van der Waals surface area contributed by atoms with Crippen molar-refractivity contribution >= 4 is 5.91 Å². The summed E-state index contributed by atoms with van der Waals surface area (Å²) in [6.07, 6.45) is 95.7. The molecule has 0 radical (unpaired) electrons. The van der Waals surface area contributed by atoms with E-state index in [2.05, 4.69) is 116 Å². The highest BCUT2D eigenvalue weighted by molar-refractivity contribution is 5.76. The Morgan fingerprint density at radius 1 is 0.342 bits per heavy atom. The maximum absolute atomic E-state index is 12.5. The van der Waals surface area contributed by atoms with E-state index >= 15 is 0 Å². The summed E-state index contributed by atoms with van der Waals surface area (Å²) in [5, 5.41) is 23.2. The summed E-state index contributed by atoms with van der Waals surface area (Å²) in [6.45, 7) is 4.20. The van der Waals surface area contributed by atoms with Gasteiger partial charge in [0.2, 0.25) is 5.91 Å². The number of aliphatic hydroxyl groups excluding tert-OH is 2. The van der Waals surface area contributed by atoms with E-state index in [-0.39, 0.29) is 12.5 Å². The lowest BCUT2D eigenvalue weighted by atomic mass is 10.0. The minimum Gasteiger partial charge on any atom is -0.394 e. The minimum atomic E-state index is -0.881. The summed E-state index contributed by atoms with van der Waals surface area (Å²) in [6, 6.07) is -0.657. The predicted octanol–water partition coefficient (Wildman–Crippen LogP) is 21.4. The molecule has 0 aliphatic heterocycles. The molecule has 2 unspecified atom stereocenters. The summed E-state index contributed by atoms with van der Waals surface area (Å²) < 4.78 is 0. The second-order valence-electron chi connectivity index (χ2n) is 21.1. The van der Waals surface area contributed by atoms with Crippen molar-refractivity contribution in [2.45, 2.75) is 315 Å². The SMILES string of the molecule is CC/C=C\C/C=C\C/C=C\C/C=C\C/C=C\C/C=C\CCCCCCCCCCCCC(=O)NC(CO)C(O)/C=C/CC/C=C/CC/C=C/CCCCCCCCCCCCCCCCCCCCCCCC. The van der Waals surface area contributed by atoms with Gasteiger partial charge in [0.05, 0.1) is 18.8 Å². The molecule has 0 saturated carbocycles. The van der Waals surface area contributed by atoms with Crippen LogP contribution in [0.25, 0.3) is 0 Å². The fraction of sp³-hybridized carbons (Fsp3) is 0.725. The van der Waals surface area contributed by atoms with Crippen molar-refractivity contribution in [2.24, 2.45) is 0 Å². The van der Waals surface area contributed by atoms with E-state index in [0.29, 0.717) is 6.42 Å². The van der Waals surface area contributed by atoms with Gasteiger partial charge in [-0.15, -0.1) is 0 Å². The number of aliphatic hydroxyl groups is 2. The summed E-state index contributed by atoms with van der Waals surface area (Å²) in [5.41, 5.74) is 0. The average Bonchev–Trinajstić information content (AvgIpc) is 3.40. The molecule has 1 amide bonds. The van der Waals surface area contributed by atoms with Gasteiger partial charge in [-0.25, -0.2) is 0 Å². The number of amides is 1. The maximum atomic E-state index is 12.5. The first-order valence-corrected chi connectivity index (χ1v) is 31.6. The lowest BCUT2D eigenvalue weighted by molar-refractivity contribution is -0.123. The Labute approximate surface area is 455 Å². The van der Waals surface area contributed by atoms with Gasteiger partial charge in [-0.1, -0.05) is 309 Å². The van der Waals surface area contributed by atoms with Crippen LogP contribution in [-0.2, 0) is 4.79 Å². The van der Waals surface area contributed by atoms with Crippen LogP contribution >= 0.6 is 0 Å². The van der Waals surface area contributed by atoms with Gasteiger partial charge in [-0.3, -0.25) is 4.79 Å². The molecular formula is C69H121NO3. The summed E-state index contributed by atoms with van der Waals surface area (Å²) in [4.78, 5) is 12.5. The zero-order valence-electron chi connectivity index (χ0n) is 48.4. The van der Waals surface area contributed by atoms with Gasteiger partial charge in [0.25, 0.3) is 0 Å². The Morgan fingerprint density at radius 2 is 0.616 bits per heavy atom. The standard InChI is InChI=1S/C69H121NO3/c1-3-5-7-9-11-13-15-17-19-21-23-25-27-29-31-33-34-35-37-38-40-42-44-46-48-50-52-54-56-58-60-62-64-68(72)67(66-71)70-69(73)65-63-61-59-57-55-53-51-49-47-45-43-41-39-36-32-30-28-26-24-22-20-18-16-14-12-10-8-6-4-2/h6,8,12,14,18,20,24,26,30,32,39,41,46,48,54,56,62,64,67-68,71-72H,3-5,7,9-11,13,15-17,19,21-23,25,27-29,31,33-38,40,42-45,47,49-53,55,57-61,63,65-66H2,1-2H3,(H,70,73)/b8-6-,14-12-,20-18-,26-24-,32-30-,41-39-,48-46+,56-54+,64-62+. The van der Waals surface area contributed by atoms with Crippen molar-refractivity contribution in [3.8, 4) is 0 Å². The molecule has 0 aliphatic rings. The van der Waals surface area contributed by atoms with Crippen LogP contribution in [0.15, 0.2) is 109 Å². The zero-order valence-corrected chi connectivity index (χ0v) is 48.4. The van der Waals surface area contributed by atoms with Crippen LogP contribution in [0.3, 0.4) is 0 Å². The molecule has 3 N–H and O–H groups in total. The molecule has 0 heterocycles. The molecule has 0 fully saturated rings. The maximum Gasteiger partial charge on any atom is 0.220 e. The molecule has 0 aromatic carbocycles. The Balaban J connectivity index is 3.58. The van der Waals surface area contributed by atoms with E-state index in [9.17, 15) is 15.0 Å².